The van der Waals surface area contributed by atoms with Crippen molar-refractivity contribution in [3.63, 3.8) is 0 Å². The Balaban J connectivity index is 1.22. The second kappa shape index (κ2) is 6.93. The van der Waals surface area contributed by atoms with Gasteiger partial charge in [0.15, 0.2) is 5.16 Å². The molecule has 138 valence electrons. The summed E-state index contributed by atoms with van der Waals surface area (Å²) in [5.74, 6) is 3.50. The first-order valence-corrected chi connectivity index (χ1v) is 10.8. The zero-order valence-corrected chi connectivity index (χ0v) is 16.2. The molecule has 0 aromatic carbocycles. The molecule has 0 radical (unpaired) electrons. The minimum Gasteiger partial charge on any atom is -0.355 e. The van der Waals surface area contributed by atoms with E-state index in [9.17, 15) is 4.79 Å². The summed E-state index contributed by atoms with van der Waals surface area (Å²) in [7, 11) is 0. The van der Waals surface area contributed by atoms with E-state index in [-0.39, 0.29) is 5.91 Å². The Morgan fingerprint density at radius 3 is 2.52 bits per heavy atom. The molecule has 0 atom stereocenters. The Morgan fingerprint density at radius 2 is 1.92 bits per heavy atom. The fourth-order valence-electron chi connectivity index (χ4n) is 5.93. The molecule has 4 aliphatic rings. The van der Waals surface area contributed by atoms with Crippen LogP contribution in [0.4, 0.5) is 0 Å². The Hall–Kier alpha value is -1.04. The minimum atomic E-state index is 0.119. The third kappa shape index (κ3) is 3.74. The van der Waals surface area contributed by atoms with Gasteiger partial charge in [-0.25, -0.2) is 0 Å². The largest absolute Gasteiger partial charge is 0.355 e. The fraction of sp³-hybridized carbons (Fsp3) is 0.842. The van der Waals surface area contributed by atoms with Gasteiger partial charge in [0.1, 0.15) is 6.33 Å². The number of hydrogen-bond donors (Lipinski definition) is 1. The average Bonchev–Trinajstić information content (AvgIpc) is 3.00. The number of hydrogen-bond acceptors (Lipinski definition) is 4. The van der Waals surface area contributed by atoms with Gasteiger partial charge in [0.25, 0.3) is 0 Å². The highest BCUT2D eigenvalue weighted by atomic mass is 32.2. The van der Waals surface area contributed by atoms with Crippen LogP contribution in [0.5, 0.6) is 0 Å². The number of aromatic nitrogens is 3. The first-order chi connectivity index (χ1) is 12.0. The van der Waals surface area contributed by atoms with Crippen molar-refractivity contribution in [1.82, 2.24) is 20.1 Å². The predicted octanol–water partition coefficient (Wildman–Crippen LogP) is 3.67. The normalized spacial score (nSPS) is 33.2. The van der Waals surface area contributed by atoms with Crippen molar-refractivity contribution in [2.24, 2.45) is 23.2 Å². The molecule has 0 unspecified atom stereocenters. The van der Waals surface area contributed by atoms with E-state index in [4.69, 9.17) is 0 Å². The number of rotatable bonds is 7. The number of carbonyl (C=O) groups excluding carboxylic acids is 1. The van der Waals surface area contributed by atoms with Gasteiger partial charge in [-0.2, -0.15) is 0 Å². The smallest absolute Gasteiger partial charge is 0.230 e. The number of nitrogens with zero attached hydrogens (tertiary/aromatic N) is 3. The van der Waals surface area contributed by atoms with Crippen LogP contribution in [0.2, 0.25) is 0 Å². The third-order valence-corrected chi connectivity index (χ3v) is 7.53. The van der Waals surface area contributed by atoms with E-state index in [1.807, 2.05) is 4.57 Å². The highest BCUT2D eigenvalue weighted by molar-refractivity contribution is 7.99. The van der Waals surface area contributed by atoms with Crippen molar-refractivity contribution in [2.75, 3.05) is 12.3 Å². The van der Waals surface area contributed by atoms with Crippen LogP contribution in [-0.4, -0.2) is 33.0 Å². The molecule has 0 saturated heterocycles. The van der Waals surface area contributed by atoms with Gasteiger partial charge in [0.2, 0.25) is 5.91 Å². The zero-order chi connectivity index (χ0) is 17.4. The molecule has 1 heterocycles. The van der Waals surface area contributed by atoms with Crippen LogP contribution in [0.25, 0.3) is 0 Å². The number of carbonyl (C=O) groups is 1. The van der Waals surface area contributed by atoms with Gasteiger partial charge in [-0.15, -0.1) is 10.2 Å². The molecule has 1 N–H and O–H groups in total. The van der Waals surface area contributed by atoms with E-state index in [0.717, 1.165) is 29.5 Å². The lowest BCUT2D eigenvalue weighted by atomic mass is 9.49. The summed E-state index contributed by atoms with van der Waals surface area (Å²) < 4.78 is 2.01. The van der Waals surface area contributed by atoms with Crippen LogP contribution < -0.4 is 5.32 Å². The topological polar surface area (TPSA) is 59.8 Å². The maximum Gasteiger partial charge on any atom is 0.230 e. The molecule has 1 aromatic heterocycles. The molecular weight excluding hydrogens is 332 g/mol. The fourth-order valence-corrected chi connectivity index (χ4v) is 6.81. The summed E-state index contributed by atoms with van der Waals surface area (Å²) in [6.45, 7) is 5.03. The molecule has 25 heavy (non-hydrogen) atoms. The standard InChI is InChI=1S/C19H30N4OS/c1-13(2)23-12-21-22-18(23)25-11-17(24)20-4-3-19-8-14-5-15(9-19)7-16(6-14)10-19/h12-16H,3-11H2,1-2H3,(H,20,24). The molecular formula is C19H30N4OS. The first kappa shape index (κ1) is 17.4. The third-order valence-electron chi connectivity index (χ3n) is 6.57. The lowest BCUT2D eigenvalue weighted by Crippen LogP contribution is -2.47. The quantitative estimate of drug-likeness (QED) is 0.752. The van der Waals surface area contributed by atoms with E-state index < -0.39 is 0 Å². The van der Waals surface area contributed by atoms with Crippen molar-refractivity contribution >= 4 is 17.7 Å². The number of nitrogens with one attached hydrogen (secondary N) is 1. The number of thioether (sulfide) groups is 1. The van der Waals surface area contributed by atoms with Crippen LogP contribution in [0.1, 0.15) is 64.8 Å². The Labute approximate surface area is 154 Å². The molecule has 4 aliphatic carbocycles. The van der Waals surface area contributed by atoms with Crippen molar-refractivity contribution in [1.29, 1.82) is 0 Å². The molecule has 0 spiro atoms. The number of amides is 1. The highest BCUT2D eigenvalue weighted by Gasteiger charge is 2.50. The van der Waals surface area contributed by atoms with Crippen molar-refractivity contribution in [3.05, 3.63) is 6.33 Å². The second-order valence-corrected chi connectivity index (χ2v) is 9.86. The van der Waals surface area contributed by atoms with Crippen molar-refractivity contribution < 1.29 is 4.79 Å². The van der Waals surface area contributed by atoms with Gasteiger partial charge in [-0.05, 0) is 82.0 Å². The average molecular weight is 363 g/mol. The van der Waals surface area contributed by atoms with Crippen LogP contribution >= 0.6 is 11.8 Å². The van der Waals surface area contributed by atoms with E-state index in [1.54, 1.807) is 6.33 Å². The molecule has 6 heteroatoms. The van der Waals surface area contributed by atoms with Gasteiger partial charge in [0, 0.05) is 12.6 Å². The van der Waals surface area contributed by atoms with E-state index in [2.05, 4.69) is 29.4 Å². The molecule has 1 aromatic rings. The molecule has 1 amide bonds. The summed E-state index contributed by atoms with van der Waals surface area (Å²) in [6.07, 6.45) is 11.6. The second-order valence-electron chi connectivity index (χ2n) is 8.92. The summed E-state index contributed by atoms with van der Waals surface area (Å²) in [5, 5.41) is 12.0. The molecule has 4 saturated carbocycles. The van der Waals surface area contributed by atoms with E-state index >= 15 is 0 Å². The predicted molar refractivity (Wildman–Crippen MR) is 99.4 cm³/mol. The first-order valence-electron chi connectivity index (χ1n) is 9.82. The Kier molecular flexibility index (Phi) is 4.82. The van der Waals surface area contributed by atoms with Crippen LogP contribution in [0.3, 0.4) is 0 Å². The zero-order valence-electron chi connectivity index (χ0n) is 15.4. The highest BCUT2D eigenvalue weighted by Crippen LogP contribution is 2.61. The van der Waals surface area contributed by atoms with Crippen LogP contribution in [0, 0.1) is 23.2 Å². The molecule has 4 fully saturated rings. The molecule has 4 bridgehead atoms. The summed E-state index contributed by atoms with van der Waals surface area (Å²) in [6, 6.07) is 0.316. The molecule has 5 nitrogen and oxygen atoms in total. The van der Waals surface area contributed by atoms with E-state index in [0.29, 0.717) is 17.2 Å². The van der Waals surface area contributed by atoms with Crippen molar-refractivity contribution in [2.45, 2.75) is 70.0 Å². The van der Waals surface area contributed by atoms with Gasteiger partial charge >= 0.3 is 0 Å². The lowest BCUT2D eigenvalue weighted by Gasteiger charge is -2.57. The SMILES string of the molecule is CC(C)n1cnnc1SCC(=O)NCCC12CC3CC(CC(C3)C1)C2. The molecule has 0 aliphatic heterocycles. The van der Waals surface area contributed by atoms with Crippen LogP contribution in [0.15, 0.2) is 11.5 Å². The lowest BCUT2D eigenvalue weighted by molar-refractivity contribution is -0.119. The summed E-state index contributed by atoms with van der Waals surface area (Å²) in [5.41, 5.74) is 0.549. The maximum atomic E-state index is 12.2. The van der Waals surface area contributed by atoms with Crippen LogP contribution in [-0.2, 0) is 4.79 Å². The Bertz CT molecular complexity index is 591. The van der Waals surface area contributed by atoms with Crippen molar-refractivity contribution in [3.8, 4) is 0 Å². The van der Waals surface area contributed by atoms with Gasteiger partial charge < -0.3 is 9.88 Å². The van der Waals surface area contributed by atoms with Gasteiger partial charge in [0.05, 0.1) is 5.75 Å². The maximum absolute atomic E-state index is 12.2. The van der Waals surface area contributed by atoms with E-state index in [1.165, 1.54) is 56.7 Å². The monoisotopic (exact) mass is 362 g/mol. The van der Waals surface area contributed by atoms with Gasteiger partial charge in [-0.1, -0.05) is 11.8 Å². The molecule has 5 rings (SSSR count). The summed E-state index contributed by atoms with van der Waals surface area (Å²) >= 11 is 1.48. The van der Waals surface area contributed by atoms with Gasteiger partial charge in [-0.3, -0.25) is 4.79 Å². The summed E-state index contributed by atoms with van der Waals surface area (Å²) in [4.78, 5) is 12.2. The minimum absolute atomic E-state index is 0.119. The Morgan fingerprint density at radius 1 is 1.28 bits per heavy atom.